The van der Waals surface area contributed by atoms with Gasteiger partial charge in [-0.2, -0.15) is 12.6 Å². The topological polar surface area (TPSA) is 214 Å². The standard InChI is InChI=1S/C22H33N5O7S/c1-3-11(2)18(27-19(30)14(23)8-12-4-6-13(28)7-5-12)21(32)25-15(9-17(24)29)20(31)26-16(10-35)22(33)34/h4-7,11,14-16,18,28,35H,3,8-10,23H2,1-2H3,(H2,24,29)(H,25,32)(H,26,31)(H,27,30)(H,33,34). The quantitative estimate of drug-likeness (QED) is 0.139. The van der Waals surface area contributed by atoms with E-state index >= 15 is 0 Å². The average molecular weight is 512 g/mol. The Bertz CT molecular complexity index is 912. The average Bonchev–Trinajstić information content (AvgIpc) is 2.80. The van der Waals surface area contributed by atoms with Crippen molar-refractivity contribution in [3.63, 3.8) is 0 Å². The number of phenolic OH excluding ortho intramolecular Hbond substituents is 1. The number of nitrogens with one attached hydrogen (secondary N) is 3. The van der Waals surface area contributed by atoms with Crippen molar-refractivity contribution in [1.29, 1.82) is 0 Å². The number of carboxylic acids is 1. The summed E-state index contributed by atoms with van der Waals surface area (Å²) >= 11 is 3.86. The number of aliphatic carboxylic acids is 1. The van der Waals surface area contributed by atoms with Gasteiger partial charge in [0.15, 0.2) is 0 Å². The number of benzene rings is 1. The van der Waals surface area contributed by atoms with Crippen LogP contribution in [0.3, 0.4) is 0 Å². The summed E-state index contributed by atoms with van der Waals surface area (Å²) < 4.78 is 0. The minimum absolute atomic E-state index is 0.0684. The highest BCUT2D eigenvalue weighted by atomic mass is 32.1. The monoisotopic (exact) mass is 511 g/mol. The zero-order chi connectivity index (χ0) is 26.7. The van der Waals surface area contributed by atoms with Gasteiger partial charge in [0.25, 0.3) is 0 Å². The molecule has 0 bridgehead atoms. The predicted octanol–water partition coefficient (Wildman–Crippen LogP) is -1.35. The molecular formula is C22H33N5O7S. The molecule has 4 amide bonds. The van der Waals surface area contributed by atoms with Crippen LogP contribution in [0, 0.1) is 5.92 Å². The summed E-state index contributed by atoms with van der Waals surface area (Å²) in [6, 6.07) is 1.24. The van der Waals surface area contributed by atoms with E-state index < -0.39 is 60.2 Å². The van der Waals surface area contributed by atoms with E-state index in [2.05, 4.69) is 28.6 Å². The van der Waals surface area contributed by atoms with Crippen molar-refractivity contribution in [3.8, 4) is 5.75 Å². The lowest BCUT2D eigenvalue weighted by atomic mass is 9.96. The largest absolute Gasteiger partial charge is 0.508 e. The number of carboxylic acid groups (broad SMARTS) is 1. The maximum absolute atomic E-state index is 13.0. The Morgan fingerprint density at radius 2 is 1.54 bits per heavy atom. The first-order chi connectivity index (χ1) is 16.4. The van der Waals surface area contributed by atoms with Crippen LogP contribution in [0.4, 0.5) is 0 Å². The summed E-state index contributed by atoms with van der Waals surface area (Å²) in [4.78, 5) is 60.9. The lowest BCUT2D eigenvalue weighted by Gasteiger charge is -2.27. The Morgan fingerprint density at radius 3 is 2.03 bits per heavy atom. The molecule has 0 heterocycles. The summed E-state index contributed by atoms with van der Waals surface area (Å²) in [6.07, 6.45) is 0.0466. The summed E-state index contributed by atoms with van der Waals surface area (Å²) in [5.41, 5.74) is 11.9. The number of aromatic hydroxyl groups is 1. The van der Waals surface area contributed by atoms with Gasteiger partial charge in [0.2, 0.25) is 23.6 Å². The van der Waals surface area contributed by atoms with E-state index in [1.165, 1.54) is 12.1 Å². The second-order valence-electron chi connectivity index (χ2n) is 8.16. The van der Waals surface area contributed by atoms with Crippen molar-refractivity contribution in [2.24, 2.45) is 17.4 Å². The summed E-state index contributed by atoms with van der Waals surface area (Å²) in [7, 11) is 0. The number of primary amides is 1. The number of nitrogens with two attached hydrogens (primary N) is 2. The van der Waals surface area contributed by atoms with Crippen LogP contribution in [-0.2, 0) is 30.4 Å². The van der Waals surface area contributed by atoms with Crippen LogP contribution in [0.2, 0.25) is 0 Å². The maximum atomic E-state index is 13.0. The van der Waals surface area contributed by atoms with E-state index in [0.717, 1.165) is 0 Å². The molecule has 194 valence electrons. The Kier molecular flexibility index (Phi) is 12.0. The normalized spacial score (nSPS) is 15.1. The van der Waals surface area contributed by atoms with Crippen LogP contribution < -0.4 is 27.4 Å². The van der Waals surface area contributed by atoms with Gasteiger partial charge in [-0.1, -0.05) is 32.4 Å². The van der Waals surface area contributed by atoms with Crippen molar-refractivity contribution in [2.75, 3.05) is 5.75 Å². The first-order valence-corrected chi connectivity index (χ1v) is 11.6. The molecule has 0 saturated carbocycles. The van der Waals surface area contributed by atoms with Crippen LogP contribution in [0.1, 0.15) is 32.3 Å². The minimum atomic E-state index is -1.46. The van der Waals surface area contributed by atoms with Crippen LogP contribution >= 0.6 is 12.6 Å². The molecule has 0 aliphatic carbocycles. The fraction of sp³-hybridized carbons (Fsp3) is 0.500. The van der Waals surface area contributed by atoms with Crippen LogP contribution in [0.5, 0.6) is 5.75 Å². The summed E-state index contributed by atoms with van der Waals surface area (Å²) in [6.45, 7) is 3.51. The Hall–Kier alpha value is -3.32. The van der Waals surface area contributed by atoms with Crippen LogP contribution in [0.15, 0.2) is 24.3 Å². The maximum Gasteiger partial charge on any atom is 0.327 e. The zero-order valence-corrected chi connectivity index (χ0v) is 20.5. The van der Waals surface area contributed by atoms with Gasteiger partial charge in [0, 0.05) is 5.75 Å². The fourth-order valence-electron chi connectivity index (χ4n) is 3.07. The van der Waals surface area contributed by atoms with Gasteiger partial charge < -0.3 is 37.6 Å². The molecule has 0 aromatic heterocycles. The third kappa shape index (κ3) is 9.83. The number of phenols is 1. The molecule has 0 aliphatic rings. The van der Waals surface area contributed by atoms with Crippen molar-refractivity contribution < 1.29 is 34.2 Å². The lowest BCUT2D eigenvalue weighted by molar-refractivity contribution is -0.141. The van der Waals surface area contributed by atoms with Gasteiger partial charge in [-0.3, -0.25) is 19.2 Å². The number of carbonyl (C=O) groups excluding carboxylic acids is 4. The van der Waals surface area contributed by atoms with Crippen LogP contribution in [0.25, 0.3) is 0 Å². The first kappa shape index (κ1) is 29.7. The molecule has 0 aliphatic heterocycles. The molecule has 9 N–H and O–H groups in total. The van der Waals surface area contributed by atoms with Crippen molar-refractivity contribution in [3.05, 3.63) is 29.8 Å². The summed E-state index contributed by atoms with van der Waals surface area (Å²) in [5, 5.41) is 25.6. The lowest BCUT2D eigenvalue weighted by Crippen LogP contribution is -2.59. The Morgan fingerprint density at radius 1 is 0.971 bits per heavy atom. The third-order valence-electron chi connectivity index (χ3n) is 5.36. The van der Waals surface area contributed by atoms with E-state index in [0.29, 0.717) is 12.0 Å². The molecule has 0 radical (unpaired) electrons. The van der Waals surface area contributed by atoms with Crippen molar-refractivity contribution >= 4 is 42.2 Å². The second kappa shape index (κ2) is 14.2. The number of rotatable bonds is 14. The van der Waals surface area contributed by atoms with Gasteiger partial charge in [-0.15, -0.1) is 0 Å². The predicted molar refractivity (Wildman–Crippen MR) is 130 cm³/mol. The minimum Gasteiger partial charge on any atom is -0.508 e. The molecule has 0 spiro atoms. The van der Waals surface area contributed by atoms with Gasteiger partial charge in [-0.05, 0) is 30.0 Å². The molecule has 35 heavy (non-hydrogen) atoms. The van der Waals surface area contributed by atoms with E-state index in [4.69, 9.17) is 16.6 Å². The van der Waals surface area contributed by atoms with Gasteiger partial charge >= 0.3 is 5.97 Å². The molecule has 0 saturated heterocycles. The molecule has 1 rings (SSSR count). The first-order valence-electron chi connectivity index (χ1n) is 11.0. The van der Waals surface area contributed by atoms with Crippen molar-refractivity contribution in [2.45, 2.75) is 57.3 Å². The Labute approximate surface area is 208 Å². The van der Waals surface area contributed by atoms with Gasteiger partial charge in [0.05, 0.1) is 12.5 Å². The molecule has 13 heteroatoms. The molecular weight excluding hydrogens is 478 g/mol. The number of hydrogen-bond donors (Lipinski definition) is 8. The molecule has 1 aromatic rings. The molecule has 5 atom stereocenters. The number of amides is 4. The van der Waals surface area contributed by atoms with Gasteiger partial charge in [0.1, 0.15) is 23.9 Å². The van der Waals surface area contributed by atoms with E-state index in [-0.39, 0.29) is 23.8 Å². The second-order valence-corrected chi connectivity index (χ2v) is 8.53. The molecule has 12 nitrogen and oxygen atoms in total. The number of hydrogen-bond acceptors (Lipinski definition) is 8. The zero-order valence-electron chi connectivity index (χ0n) is 19.6. The van der Waals surface area contributed by atoms with Crippen LogP contribution in [-0.4, -0.2) is 69.7 Å². The fourth-order valence-corrected chi connectivity index (χ4v) is 3.32. The van der Waals surface area contributed by atoms with E-state index in [9.17, 15) is 29.1 Å². The van der Waals surface area contributed by atoms with E-state index in [1.807, 2.05) is 0 Å². The molecule has 0 fully saturated rings. The highest BCUT2D eigenvalue weighted by molar-refractivity contribution is 7.80. The SMILES string of the molecule is CCC(C)C(NC(=O)C(N)Cc1ccc(O)cc1)C(=O)NC(CC(N)=O)C(=O)NC(CS)C(=O)O. The molecule has 1 aromatic carbocycles. The number of thiol groups is 1. The number of carbonyl (C=O) groups is 5. The molecule has 5 unspecified atom stereocenters. The highest BCUT2D eigenvalue weighted by Crippen LogP contribution is 2.12. The smallest absolute Gasteiger partial charge is 0.327 e. The summed E-state index contributed by atoms with van der Waals surface area (Å²) in [5.74, 6) is -5.08. The third-order valence-corrected chi connectivity index (χ3v) is 5.72. The highest BCUT2D eigenvalue weighted by Gasteiger charge is 2.33. The Balaban J connectivity index is 2.97. The van der Waals surface area contributed by atoms with Gasteiger partial charge in [-0.25, -0.2) is 4.79 Å². The van der Waals surface area contributed by atoms with E-state index in [1.54, 1.807) is 26.0 Å². The van der Waals surface area contributed by atoms with Crippen molar-refractivity contribution in [1.82, 2.24) is 16.0 Å².